The summed E-state index contributed by atoms with van der Waals surface area (Å²) < 4.78 is 1.38. The van der Waals surface area contributed by atoms with Crippen molar-refractivity contribution in [3.05, 3.63) is 80.8 Å². The van der Waals surface area contributed by atoms with Crippen molar-refractivity contribution in [1.29, 1.82) is 0 Å². The van der Waals surface area contributed by atoms with Gasteiger partial charge in [-0.3, -0.25) is 4.79 Å². The first-order valence-electron chi connectivity index (χ1n) is 10.9. The van der Waals surface area contributed by atoms with Crippen LogP contribution in [0.3, 0.4) is 0 Å². The van der Waals surface area contributed by atoms with Gasteiger partial charge in [-0.2, -0.15) is 9.61 Å². The highest BCUT2D eigenvalue weighted by atomic mass is 35.5. The number of aromatic nitrogens is 4. The molecule has 2 aromatic carbocycles. The van der Waals surface area contributed by atoms with Crippen LogP contribution in [0.15, 0.2) is 59.5 Å². The van der Waals surface area contributed by atoms with E-state index in [1.807, 2.05) is 48.5 Å². The lowest BCUT2D eigenvalue weighted by Gasteiger charge is -2.20. The predicted octanol–water partition coefficient (Wildman–Crippen LogP) is 6.25. The standard InChI is InChI=1S/C25H22Cl2N4O/c26-19-10-6-17(7-11-19)21-15-28-31-24(23(21)18-8-12-20(27)13-9-18)30-29-22(25(31)32)14-16-4-2-1-3-5-16/h6-13,15-16H,1-5,14H2. The van der Waals surface area contributed by atoms with Gasteiger partial charge in [-0.05, 0) is 41.3 Å². The van der Waals surface area contributed by atoms with Crippen LogP contribution < -0.4 is 5.56 Å². The summed E-state index contributed by atoms with van der Waals surface area (Å²) in [5.74, 6) is 0.493. The molecule has 5 rings (SSSR count). The minimum atomic E-state index is -0.196. The fourth-order valence-electron chi connectivity index (χ4n) is 4.52. The molecule has 0 spiro atoms. The molecule has 0 atom stereocenters. The van der Waals surface area contributed by atoms with Crippen LogP contribution in [0.5, 0.6) is 0 Å². The number of halogens is 2. The number of rotatable bonds is 4. The van der Waals surface area contributed by atoms with E-state index in [9.17, 15) is 4.79 Å². The second kappa shape index (κ2) is 9.00. The fraction of sp³-hybridized carbons (Fsp3) is 0.280. The molecule has 7 heteroatoms. The number of hydrogen-bond donors (Lipinski definition) is 0. The largest absolute Gasteiger partial charge is 0.296 e. The lowest BCUT2D eigenvalue weighted by atomic mass is 9.86. The van der Waals surface area contributed by atoms with Gasteiger partial charge in [0.15, 0.2) is 5.65 Å². The predicted molar refractivity (Wildman–Crippen MR) is 128 cm³/mol. The van der Waals surface area contributed by atoms with Gasteiger partial charge in [0.25, 0.3) is 5.56 Å². The van der Waals surface area contributed by atoms with E-state index in [4.69, 9.17) is 23.2 Å². The van der Waals surface area contributed by atoms with Crippen LogP contribution in [0.4, 0.5) is 0 Å². The third kappa shape index (κ3) is 4.15. The van der Waals surface area contributed by atoms with Crippen LogP contribution >= 0.6 is 23.2 Å². The minimum Gasteiger partial charge on any atom is -0.265 e. The highest BCUT2D eigenvalue weighted by Crippen LogP contribution is 2.35. The Morgan fingerprint density at radius 2 is 1.47 bits per heavy atom. The first-order valence-corrected chi connectivity index (χ1v) is 11.7. The molecule has 0 amide bonds. The normalized spacial score (nSPS) is 14.7. The van der Waals surface area contributed by atoms with Crippen molar-refractivity contribution in [2.75, 3.05) is 0 Å². The van der Waals surface area contributed by atoms with E-state index >= 15 is 0 Å². The van der Waals surface area contributed by atoms with Gasteiger partial charge in [0, 0.05) is 27.6 Å². The summed E-state index contributed by atoms with van der Waals surface area (Å²) in [5.41, 5.74) is 4.16. The van der Waals surface area contributed by atoms with Crippen molar-refractivity contribution >= 4 is 28.8 Å². The molecule has 2 aromatic heterocycles. The summed E-state index contributed by atoms with van der Waals surface area (Å²) in [6, 6.07) is 15.0. The van der Waals surface area contributed by atoms with Crippen LogP contribution in [0.1, 0.15) is 37.8 Å². The second-order valence-corrected chi connectivity index (χ2v) is 9.22. The lowest BCUT2D eigenvalue weighted by Crippen LogP contribution is -2.26. The Balaban J connectivity index is 1.68. The van der Waals surface area contributed by atoms with E-state index in [1.54, 1.807) is 6.20 Å². The molecule has 0 unspecified atom stereocenters. The number of fused-ring (bicyclic) bond motifs is 1. The molecule has 4 aromatic rings. The number of benzene rings is 2. The van der Waals surface area contributed by atoms with Crippen LogP contribution in [0.25, 0.3) is 27.9 Å². The van der Waals surface area contributed by atoms with E-state index in [0.717, 1.165) is 35.1 Å². The van der Waals surface area contributed by atoms with Gasteiger partial charge in [0.2, 0.25) is 0 Å². The molecule has 0 saturated heterocycles. The zero-order valence-corrected chi connectivity index (χ0v) is 19.0. The van der Waals surface area contributed by atoms with Crippen LogP contribution in [-0.4, -0.2) is 19.8 Å². The summed E-state index contributed by atoms with van der Waals surface area (Å²) in [4.78, 5) is 13.3. The average Bonchev–Trinajstić information content (AvgIpc) is 2.82. The van der Waals surface area contributed by atoms with Crippen molar-refractivity contribution in [2.24, 2.45) is 5.92 Å². The van der Waals surface area contributed by atoms with E-state index in [0.29, 0.717) is 33.7 Å². The molecule has 5 nitrogen and oxygen atoms in total. The Bertz CT molecular complexity index is 1310. The van der Waals surface area contributed by atoms with Crippen LogP contribution in [-0.2, 0) is 6.42 Å². The molecule has 0 bridgehead atoms. The summed E-state index contributed by atoms with van der Waals surface area (Å²) in [6.45, 7) is 0. The fourth-order valence-corrected chi connectivity index (χ4v) is 4.77. The number of hydrogen-bond acceptors (Lipinski definition) is 4. The quantitative estimate of drug-likeness (QED) is 0.358. The Morgan fingerprint density at radius 3 is 2.12 bits per heavy atom. The molecular formula is C25H22Cl2N4O. The Morgan fingerprint density at radius 1 is 0.844 bits per heavy atom. The van der Waals surface area contributed by atoms with Crippen molar-refractivity contribution in [3.8, 4) is 22.3 Å². The molecule has 162 valence electrons. The maximum absolute atomic E-state index is 13.3. The Kier molecular flexibility index (Phi) is 5.94. The maximum Gasteiger partial charge on any atom is 0.296 e. The minimum absolute atomic E-state index is 0.196. The van der Waals surface area contributed by atoms with E-state index in [-0.39, 0.29) is 5.56 Å². The van der Waals surface area contributed by atoms with Crippen molar-refractivity contribution in [2.45, 2.75) is 38.5 Å². The van der Waals surface area contributed by atoms with Crippen molar-refractivity contribution in [1.82, 2.24) is 19.8 Å². The third-order valence-electron chi connectivity index (χ3n) is 6.20. The molecule has 0 aliphatic heterocycles. The Hall–Kier alpha value is -2.76. The Labute approximate surface area is 196 Å². The molecule has 0 radical (unpaired) electrons. The first kappa shape index (κ1) is 21.1. The summed E-state index contributed by atoms with van der Waals surface area (Å²) in [5, 5.41) is 14.7. The monoisotopic (exact) mass is 464 g/mol. The molecule has 32 heavy (non-hydrogen) atoms. The van der Waals surface area contributed by atoms with Gasteiger partial charge >= 0.3 is 0 Å². The molecule has 1 saturated carbocycles. The third-order valence-corrected chi connectivity index (χ3v) is 6.70. The van der Waals surface area contributed by atoms with Gasteiger partial charge in [-0.15, -0.1) is 10.2 Å². The van der Waals surface area contributed by atoms with E-state index < -0.39 is 0 Å². The van der Waals surface area contributed by atoms with E-state index in [2.05, 4.69) is 15.3 Å². The van der Waals surface area contributed by atoms with Crippen LogP contribution in [0.2, 0.25) is 10.0 Å². The SMILES string of the molecule is O=c1c(CC2CCCCC2)nnc2c(-c3ccc(Cl)cc3)c(-c3ccc(Cl)cc3)cnn12. The molecule has 1 fully saturated rings. The molecular weight excluding hydrogens is 443 g/mol. The maximum atomic E-state index is 13.3. The van der Waals surface area contributed by atoms with E-state index in [1.165, 1.54) is 23.8 Å². The number of nitrogens with zero attached hydrogens (tertiary/aromatic N) is 4. The van der Waals surface area contributed by atoms with Gasteiger partial charge in [-0.25, -0.2) is 0 Å². The van der Waals surface area contributed by atoms with Gasteiger partial charge in [0.05, 0.1) is 6.20 Å². The van der Waals surface area contributed by atoms with Gasteiger partial charge in [0.1, 0.15) is 5.69 Å². The molecule has 1 aliphatic rings. The van der Waals surface area contributed by atoms with Crippen molar-refractivity contribution < 1.29 is 0 Å². The highest BCUT2D eigenvalue weighted by molar-refractivity contribution is 6.31. The van der Waals surface area contributed by atoms with Crippen LogP contribution in [0, 0.1) is 5.92 Å². The molecule has 1 aliphatic carbocycles. The van der Waals surface area contributed by atoms with Crippen molar-refractivity contribution in [3.63, 3.8) is 0 Å². The van der Waals surface area contributed by atoms with Gasteiger partial charge in [-0.1, -0.05) is 79.6 Å². The molecule has 2 heterocycles. The summed E-state index contributed by atoms with van der Waals surface area (Å²) in [7, 11) is 0. The smallest absolute Gasteiger partial charge is 0.265 e. The average molecular weight is 465 g/mol. The second-order valence-electron chi connectivity index (χ2n) is 8.34. The zero-order chi connectivity index (χ0) is 22.1. The molecule has 0 N–H and O–H groups in total. The summed E-state index contributed by atoms with van der Waals surface area (Å²) >= 11 is 12.2. The zero-order valence-electron chi connectivity index (χ0n) is 17.5. The topological polar surface area (TPSA) is 60.2 Å². The first-order chi connectivity index (χ1) is 15.6. The van der Waals surface area contributed by atoms with Gasteiger partial charge < -0.3 is 0 Å². The lowest BCUT2D eigenvalue weighted by molar-refractivity contribution is 0.352. The summed E-state index contributed by atoms with van der Waals surface area (Å²) in [6.07, 6.45) is 8.37. The highest BCUT2D eigenvalue weighted by Gasteiger charge is 2.21.